The summed E-state index contributed by atoms with van der Waals surface area (Å²) >= 11 is 0. The summed E-state index contributed by atoms with van der Waals surface area (Å²) in [7, 11) is -4.37. The van der Waals surface area contributed by atoms with Crippen LogP contribution in [0.3, 0.4) is 0 Å². The van der Waals surface area contributed by atoms with Crippen LogP contribution in [-0.2, 0) is 22.6 Å². The SMILES string of the molecule is O=S(=O)(Nc1ccc(CCN2CCC(N3CCCCC3)CC2)cc1)c1ccccc1C(F)(F)F. The lowest BCUT2D eigenvalue weighted by Gasteiger charge is -2.40. The van der Waals surface area contributed by atoms with E-state index >= 15 is 0 Å². The number of alkyl halides is 3. The molecule has 2 fully saturated rings. The molecule has 2 aromatic carbocycles. The maximum Gasteiger partial charge on any atom is 0.417 e. The summed E-state index contributed by atoms with van der Waals surface area (Å²) in [6.45, 7) is 5.61. The Balaban J connectivity index is 1.29. The number of halogens is 3. The molecule has 0 amide bonds. The van der Waals surface area contributed by atoms with Crippen molar-refractivity contribution in [1.29, 1.82) is 0 Å². The van der Waals surface area contributed by atoms with E-state index in [1.807, 2.05) is 12.1 Å². The Morgan fingerprint density at radius 3 is 2.18 bits per heavy atom. The van der Waals surface area contributed by atoms with E-state index in [1.54, 1.807) is 12.1 Å². The maximum absolute atomic E-state index is 13.2. The van der Waals surface area contributed by atoms with Crippen LogP contribution in [0.15, 0.2) is 53.4 Å². The van der Waals surface area contributed by atoms with Gasteiger partial charge < -0.3 is 9.80 Å². The van der Waals surface area contributed by atoms with E-state index in [1.165, 1.54) is 57.3 Å². The van der Waals surface area contributed by atoms with Gasteiger partial charge in [-0.1, -0.05) is 30.7 Å². The van der Waals surface area contributed by atoms with Crippen LogP contribution in [-0.4, -0.2) is 57.0 Å². The lowest BCUT2D eigenvalue weighted by atomic mass is 9.99. The summed E-state index contributed by atoms with van der Waals surface area (Å²) in [6.07, 6.45) is 2.51. The highest BCUT2D eigenvalue weighted by atomic mass is 32.2. The molecule has 2 aromatic rings. The first kappa shape index (κ1) is 25.0. The summed E-state index contributed by atoms with van der Waals surface area (Å²) in [5, 5.41) is 0. The molecule has 9 heteroatoms. The first-order valence-electron chi connectivity index (χ1n) is 12.0. The van der Waals surface area contributed by atoms with Crippen LogP contribution in [0, 0.1) is 0 Å². The van der Waals surface area contributed by atoms with Gasteiger partial charge in [0.2, 0.25) is 0 Å². The normalized spacial score (nSPS) is 19.3. The molecule has 4 rings (SSSR count). The zero-order valence-corrected chi connectivity index (χ0v) is 20.0. The minimum absolute atomic E-state index is 0.239. The molecule has 0 spiro atoms. The third kappa shape index (κ3) is 6.31. The van der Waals surface area contributed by atoms with Gasteiger partial charge in [0.1, 0.15) is 0 Å². The van der Waals surface area contributed by atoms with Crippen molar-refractivity contribution in [3.05, 3.63) is 59.7 Å². The molecule has 2 aliphatic heterocycles. The second kappa shape index (κ2) is 10.7. The highest BCUT2D eigenvalue weighted by molar-refractivity contribution is 7.92. The van der Waals surface area contributed by atoms with E-state index in [0.717, 1.165) is 43.8 Å². The van der Waals surface area contributed by atoms with E-state index in [9.17, 15) is 21.6 Å². The van der Waals surface area contributed by atoms with Gasteiger partial charge in [-0.3, -0.25) is 4.72 Å². The van der Waals surface area contributed by atoms with Gasteiger partial charge in [-0.15, -0.1) is 0 Å². The van der Waals surface area contributed by atoms with Crippen LogP contribution in [0.4, 0.5) is 18.9 Å². The molecule has 5 nitrogen and oxygen atoms in total. The van der Waals surface area contributed by atoms with Crippen LogP contribution < -0.4 is 4.72 Å². The minimum Gasteiger partial charge on any atom is -0.303 e. The molecule has 0 atom stereocenters. The van der Waals surface area contributed by atoms with E-state index in [-0.39, 0.29) is 5.69 Å². The summed E-state index contributed by atoms with van der Waals surface area (Å²) < 4.78 is 67.2. The van der Waals surface area contributed by atoms with Crippen LogP contribution in [0.1, 0.15) is 43.2 Å². The van der Waals surface area contributed by atoms with Crippen molar-refractivity contribution in [2.75, 3.05) is 37.4 Å². The number of benzene rings is 2. The van der Waals surface area contributed by atoms with Crippen molar-refractivity contribution < 1.29 is 21.6 Å². The van der Waals surface area contributed by atoms with Gasteiger partial charge in [-0.2, -0.15) is 13.2 Å². The number of anilines is 1. The highest BCUT2D eigenvalue weighted by Gasteiger charge is 2.37. The van der Waals surface area contributed by atoms with Gasteiger partial charge in [0, 0.05) is 18.3 Å². The Morgan fingerprint density at radius 1 is 0.882 bits per heavy atom. The number of nitrogens with zero attached hydrogens (tertiary/aromatic N) is 2. The number of sulfonamides is 1. The number of nitrogens with one attached hydrogen (secondary N) is 1. The Bertz CT molecular complexity index is 1040. The van der Waals surface area contributed by atoms with Gasteiger partial charge in [-0.05, 0) is 88.1 Å². The lowest BCUT2D eigenvalue weighted by molar-refractivity contribution is -0.139. The van der Waals surface area contributed by atoms with Gasteiger partial charge in [0.25, 0.3) is 10.0 Å². The Kier molecular flexibility index (Phi) is 7.84. The second-order valence-corrected chi connectivity index (χ2v) is 10.9. The monoisotopic (exact) mass is 495 g/mol. The summed E-state index contributed by atoms with van der Waals surface area (Å²) in [5.74, 6) is 0. The summed E-state index contributed by atoms with van der Waals surface area (Å²) in [5.41, 5.74) is 0.128. The van der Waals surface area contributed by atoms with Gasteiger partial charge >= 0.3 is 6.18 Å². The second-order valence-electron chi connectivity index (χ2n) is 9.22. The van der Waals surface area contributed by atoms with Gasteiger partial charge in [-0.25, -0.2) is 8.42 Å². The minimum atomic E-state index is -4.75. The third-order valence-corrected chi connectivity index (χ3v) is 8.31. The van der Waals surface area contributed by atoms with Crippen LogP contribution in [0.5, 0.6) is 0 Å². The average molecular weight is 496 g/mol. The number of likely N-dealkylation sites (tertiary alicyclic amines) is 2. The fourth-order valence-corrected chi connectivity index (χ4v) is 6.25. The number of hydrogen-bond donors (Lipinski definition) is 1. The molecular formula is C25H32F3N3O2S. The average Bonchev–Trinajstić information content (AvgIpc) is 2.84. The number of rotatable bonds is 7. The van der Waals surface area contributed by atoms with Gasteiger partial charge in [0.05, 0.1) is 10.5 Å². The van der Waals surface area contributed by atoms with E-state index < -0.39 is 26.7 Å². The van der Waals surface area contributed by atoms with Crippen molar-refractivity contribution in [2.24, 2.45) is 0 Å². The number of piperidine rings is 2. The largest absolute Gasteiger partial charge is 0.417 e. The van der Waals surface area contributed by atoms with E-state index in [2.05, 4.69) is 14.5 Å². The quantitative estimate of drug-likeness (QED) is 0.588. The molecule has 186 valence electrons. The molecule has 2 heterocycles. The maximum atomic E-state index is 13.2. The molecular weight excluding hydrogens is 463 g/mol. The molecule has 2 aliphatic rings. The molecule has 34 heavy (non-hydrogen) atoms. The van der Waals surface area contributed by atoms with E-state index in [0.29, 0.717) is 6.04 Å². The van der Waals surface area contributed by atoms with Crippen molar-refractivity contribution in [3.63, 3.8) is 0 Å². The smallest absolute Gasteiger partial charge is 0.303 e. The molecule has 2 saturated heterocycles. The number of hydrogen-bond acceptors (Lipinski definition) is 4. The summed E-state index contributed by atoms with van der Waals surface area (Å²) in [4.78, 5) is 4.36. The Labute approximate surface area is 200 Å². The lowest BCUT2D eigenvalue weighted by Crippen LogP contribution is -2.47. The van der Waals surface area contributed by atoms with Crippen molar-refractivity contribution in [1.82, 2.24) is 9.80 Å². The zero-order chi connectivity index (χ0) is 24.2. The predicted molar refractivity (Wildman–Crippen MR) is 127 cm³/mol. The molecule has 0 saturated carbocycles. The van der Waals surface area contributed by atoms with Crippen molar-refractivity contribution >= 4 is 15.7 Å². The summed E-state index contributed by atoms with van der Waals surface area (Å²) in [6, 6.07) is 11.8. The molecule has 1 N–H and O–H groups in total. The topological polar surface area (TPSA) is 52.7 Å². The molecule has 0 aromatic heterocycles. The molecule has 0 aliphatic carbocycles. The van der Waals surface area contributed by atoms with Gasteiger partial charge in [0.15, 0.2) is 0 Å². The van der Waals surface area contributed by atoms with E-state index in [4.69, 9.17) is 0 Å². The highest BCUT2D eigenvalue weighted by Crippen LogP contribution is 2.34. The predicted octanol–water partition coefficient (Wildman–Crippen LogP) is 5.00. The van der Waals surface area contributed by atoms with Crippen LogP contribution >= 0.6 is 0 Å². The fourth-order valence-electron chi connectivity index (χ4n) is 4.96. The molecule has 0 unspecified atom stereocenters. The first-order valence-corrected chi connectivity index (χ1v) is 13.4. The standard InChI is InChI=1S/C25H32F3N3O2S/c26-25(27,28)23-6-2-3-7-24(23)34(32,33)29-21-10-8-20(9-11-21)12-17-30-18-13-22(14-19-30)31-15-4-1-5-16-31/h2-3,6-11,22,29H,1,4-5,12-19H2. The van der Waals surface area contributed by atoms with Crippen molar-refractivity contribution in [2.45, 2.75) is 55.6 Å². The fraction of sp³-hybridized carbons (Fsp3) is 0.520. The third-order valence-electron chi connectivity index (χ3n) is 6.87. The Hall–Kier alpha value is -2.10. The van der Waals surface area contributed by atoms with Crippen LogP contribution in [0.2, 0.25) is 0 Å². The van der Waals surface area contributed by atoms with Crippen molar-refractivity contribution in [3.8, 4) is 0 Å². The first-order chi connectivity index (χ1) is 16.2. The molecule has 0 radical (unpaired) electrons. The zero-order valence-electron chi connectivity index (χ0n) is 19.2. The van der Waals surface area contributed by atoms with Crippen LogP contribution in [0.25, 0.3) is 0 Å². The Morgan fingerprint density at radius 2 is 1.53 bits per heavy atom. The molecule has 0 bridgehead atoms.